The molecule has 8 nitrogen and oxygen atoms in total. The molecule has 0 saturated carbocycles. The monoisotopic (exact) mass is 389 g/mol. The van der Waals surface area contributed by atoms with Gasteiger partial charge in [-0.3, -0.25) is 9.59 Å². The van der Waals surface area contributed by atoms with Crippen LogP contribution < -0.4 is 5.32 Å². The fraction of sp³-hybridized carbons (Fsp3) is 0.400. The van der Waals surface area contributed by atoms with Crippen LogP contribution in [-0.2, 0) is 19.1 Å². The van der Waals surface area contributed by atoms with Crippen LogP contribution in [0.2, 0.25) is 0 Å². The molecule has 0 radical (unpaired) electrons. The highest BCUT2D eigenvalue weighted by atomic mass is 16.5. The summed E-state index contributed by atoms with van der Waals surface area (Å²) in [6.07, 6.45) is 4.07. The Hall–Kier alpha value is -3.16. The van der Waals surface area contributed by atoms with E-state index in [1.165, 1.54) is 18.2 Å². The van der Waals surface area contributed by atoms with Crippen molar-refractivity contribution < 1.29 is 33.8 Å². The molecule has 1 aromatic rings. The van der Waals surface area contributed by atoms with Gasteiger partial charge in [0.2, 0.25) is 5.91 Å². The summed E-state index contributed by atoms with van der Waals surface area (Å²) in [5.41, 5.74) is 0.361. The maximum atomic E-state index is 12.7. The van der Waals surface area contributed by atoms with E-state index in [1.54, 1.807) is 26.0 Å². The van der Waals surface area contributed by atoms with E-state index >= 15 is 0 Å². The molecule has 0 saturated heterocycles. The van der Waals surface area contributed by atoms with E-state index in [0.717, 1.165) is 0 Å². The molecule has 0 heterocycles. The summed E-state index contributed by atoms with van der Waals surface area (Å²) in [4.78, 5) is 48.2. The summed E-state index contributed by atoms with van der Waals surface area (Å²) in [6.45, 7) is 3.61. The summed E-state index contributed by atoms with van der Waals surface area (Å²) < 4.78 is 9.91. The molecule has 0 aliphatic heterocycles. The SMILES string of the molecule is CCOC(=O)c1cc(NC(=O)[C@H]2CC=CC[C@H]2C(=O)O)cc(C(=O)OCC)c1. The quantitative estimate of drug-likeness (QED) is 0.543. The topological polar surface area (TPSA) is 119 Å². The first-order valence-corrected chi connectivity index (χ1v) is 9.05. The molecule has 0 bridgehead atoms. The first kappa shape index (κ1) is 21.1. The highest BCUT2D eigenvalue weighted by molar-refractivity contribution is 6.00. The molecule has 1 amide bonds. The number of hydrogen-bond donors (Lipinski definition) is 2. The summed E-state index contributed by atoms with van der Waals surface area (Å²) in [5.74, 6) is -4.41. The maximum Gasteiger partial charge on any atom is 0.338 e. The second-order valence-electron chi connectivity index (χ2n) is 6.22. The Morgan fingerprint density at radius 3 is 1.89 bits per heavy atom. The number of anilines is 1. The van der Waals surface area contributed by atoms with E-state index in [0.29, 0.717) is 6.42 Å². The molecule has 2 N–H and O–H groups in total. The average Bonchev–Trinajstić information content (AvgIpc) is 2.68. The van der Waals surface area contributed by atoms with Crippen molar-refractivity contribution in [3.63, 3.8) is 0 Å². The van der Waals surface area contributed by atoms with Gasteiger partial charge in [0.1, 0.15) is 0 Å². The van der Waals surface area contributed by atoms with Gasteiger partial charge >= 0.3 is 17.9 Å². The number of nitrogens with one attached hydrogen (secondary N) is 1. The Kier molecular flexibility index (Phi) is 7.31. The number of benzene rings is 1. The molecule has 150 valence electrons. The van der Waals surface area contributed by atoms with Gasteiger partial charge in [-0.1, -0.05) is 12.2 Å². The van der Waals surface area contributed by atoms with Crippen molar-refractivity contribution in [1.82, 2.24) is 0 Å². The van der Waals surface area contributed by atoms with Crippen molar-refractivity contribution in [3.8, 4) is 0 Å². The van der Waals surface area contributed by atoms with Crippen LogP contribution in [0.25, 0.3) is 0 Å². The van der Waals surface area contributed by atoms with Gasteiger partial charge in [-0.05, 0) is 44.9 Å². The number of ether oxygens (including phenoxy) is 2. The molecule has 2 atom stereocenters. The number of rotatable bonds is 7. The summed E-state index contributed by atoms with van der Waals surface area (Å²) in [5, 5.41) is 12.0. The van der Waals surface area contributed by atoms with Gasteiger partial charge in [0.15, 0.2) is 0 Å². The number of carboxylic acid groups (broad SMARTS) is 1. The molecule has 2 rings (SSSR count). The lowest BCUT2D eigenvalue weighted by Gasteiger charge is -2.24. The first-order chi connectivity index (χ1) is 13.4. The van der Waals surface area contributed by atoms with Crippen LogP contribution in [0.3, 0.4) is 0 Å². The van der Waals surface area contributed by atoms with Crippen LogP contribution >= 0.6 is 0 Å². The van der Waals surface area contributed by atoms with Gasteiger partial charge in [-0.15, -0.1) is 0 Å². The Bertz CT molecular complexity index is 763. The molecule has 1 aliphatic carbocycles. The van der Waals surface area contributed by atoms with Crippen molar-refractivity contribution in [3.05, 3.63) is 41.5 Å². The van der Waals surface area contributed by atoms with Crippen LogP contribution in [0.5, 0.6) is 0 Å². The van der Waals surface area contributed by atoms with Crippen LogP contribution in [0.1, 0.15) is 47.4 Å². The van der Waals surface area contributed by atoms with Gasteiger partial charge in [0.05, 0.1) is 36.2 Å². The van der Waals surface area contributed by atoms with Crippen molar-refractivity contribution in [2.75, 3.05) is 18.5 Å². The third-order valence-corrected chi connectivity index (χ3v) is 4.31. The van der Waals surface area contributed by atoms with Gasteiger partial charge in [-0.25, -0.2) is 9.59 Å². The molecule has 0 fully saturated rings. The predicted molar refractivity (Wildman–Crippen MR) is 100.0 cm³/mol. The predicted octanol–water partition coefficient (Wildman–Crippen LogP) is 2.65. The third kappa shape index (κ3) is 5.18. The van der Waals surface area contributed by atoms with E-state index in [2.05, 4.69) is 5.32 Å². The molecule has 1 aliphatic rings. The lowest BCUT2D eigenvalue weighted by molar-refractivity contribution is -0.146. The number of hydrogen-bond acceptors (Lipinski definition) is 6. The minimum atomic E-state index is -1.04. The second kappa shape index (κ2) is 9.68. The Morgan fingerprint density at radius 2 is 1.43 bits per heavy atom. The zero-order valence-corrected chi connectivity index (χ0v) is 15.8. The fourth-order valence-electron chi connectivity index (χ4n) is 2.98. The molecule has 1 aromatic carbocycles. The smallest absolute Gasteiger partial charge is 0.338 e. The fourth-order valence-corrected chi connectivity index (χ4v) is 2.98. The van der Waals surface area contributed by atoms with Crippen LogP contribution in [0, 0.1) is 11.8 Å². The van der Waals surface area contributed by atoms with E-state index in [1.807, 2.05) is 0 Å². The van der Waals surface area contributed by atoms with Crippen molar-refractivity contribution in [1.29, 1.82) is 0 Å². The minimum absolute atomic E-state index is 0.0843. The number of amides is 1. The van der Waals surface area contributed by atoms with Crippen LogP contribution in [0.15, 0.2) is 30.4 Å². The number of carbonyl (C=O) groups excluding carboxylic acids is 3. The normalized spacial score (nSPS) is 18.2. The molecule has 28 heavy (non-hydrogen) atoms. The van der Waals surface area contributed by atoms with Crippen molar-refractivity contribution in [2.45, 2.75) is 26.7 Å². The lowest BCUT2D eigenvalue weighted by atomic mass is 9.82. The molecule has 0 spiro atoms. The number of allylic oxidation sites excluding steroid dienone is 2. The lowest BCUT2D eigenvalue weighted by Crippen LogP contribution is -2.34. The minimum Gasteiger partial charge on any atom is -0.481 e. The van der Waals surface area contributed by atoms with E-state index in [-0.39, 0.29) is 36.4 Å². The highest BCUT2D eigenvalue weighted by Crippen LogP contribution is 2.28. The number of carboxylic acids is 1. The van der Waals surface area contributed by atoms with Crippen molar-refractivity contribution >= 4 is 29.5 Å². The molecule has 0 unspecified atom stereocenters. The van der Waals surface area contributed by atoms with Gasteiger partial charge in [0, 0.05) is 5.69 Å². The zero-order valence-electron chi connectivity index (χ0n) is 15.8. The molecular formula is C20H23NO7. The molecular weight excluding hydrogens is 366 g/mol. The van der Waals surface area contributed by atoms with E-state index in [4.69, 9.17) is 9.47 Å². The Labute approximate surface area is 162 Å². The first-order valence-electron chi connectivity index (χ1n) is 9.05. The number of carbonyl (C=O) groups is 4. The number of aliphatic carboxylic acids is 1. The standard InChI is InChI=1S/C20H23NO7/c1-3-27-19(25)12-9-13(20(26)28-4-2)11-14(10-12)21-17(22)15-7-5-6-8-16(15)18(23)24/h5-6,9-11,15-16H,3-4,7-8H2,1-2H3,(H,21,22)(H,23,24)/t15-,16+/m0/s1. The molecule has 0 aromatic heterocycles. The van der Waals surface area contributed by atoms with Gasteiger partial charge in [-0.2, -0.15) is 0 Å². The molecule has 8 heteroatoms. The van der Waals surface area contributed by atoms with Gasteiger partial charge in [0.25, 0.3) is 0 Å². The zero-order chi connectivity index (χ0) is 20.7. The number of esters is 2. The van der Waals surface area contributed by atoms with E-state index in [9.17, 15) is 24.3 Å². The Morgan fingerprint density at radius 1 is 0.929 bits per heavy atom. The van der Waals surface area contributed by atoms with E-state index < -0.39 is 35.7 Å². The van der Waals surface area contributed by atoms with Gasteiger partial charge < -0.3 is 19.9 Å². The van der Waals surface area contributed by atoms with Crippen LogP contribution in [0.4, 0.5) is 5.69 Å². The average molecular weight is 389 g/mol. The van der Waals surface area contributed by atoms with Crippen molar-refractivity contribution in [2.24, 2.45) is 11.8 Å². The summed E-state index contributed by atoms with van der Waals surface area (Å²) in [6, 6.07) is 4.09. The summed E-state index contributed by atoms with van der Waals surface area (Å²) >= 11 is 0. The van der Waals surface area contributed by atoms with Crippen LogP contribution in [-0.4, -0.2) is 42.1 Å². The highest BCUT2D eigenvalue weighted by Gasteiger charge is 2.34. The largest absolute Gasteiger partial charge is 0.481 e. The second-order valence-corrected chi connectivity index (χ2v) is 6.22. The summed E-state index contributed by atoms with van der Waals surface area (Å²) in [7, 11) is 0. The third-order valence-electron chi connectivity index (χ3n) is 4.31. The Balaban J connectivity index is 2.31. The maximum absolute atomic E-state index is 12.7.